The summed E-state index contributed by atoms with van der Waals surface area (Å²) in [6, 6.07) is 10.7. The van der Waals surface area contributed by atoms with Crippen LogP contribution in [0.3, 0.4) is 0 Å². The number of nitrogens with two attached hydrogens (primary N) is 2. The fraction of sp³-hybridized carbons (Fsp3) is 0.556. The second-order valence-corrected chi connectivity index (χ2v) is 7.05. The normalized spacial score (nSPS) is 36.8. The molecule has 124 valence electrons. The number of fused-ring (bicyclic) bond motifs is 1. The Bertz CT molecular complexity index is 582. The molecule has 2 fully saturated rings. The van der Waals surface area contributed by atoms with E-state index in [2.05, 4.69) is 47.5 Å². The Morgan fingerprint density at radius 2 is 1.91 bits per heavy atom. The summed E-state index contributed by atoms with van der Waals surface area (Å²) in [6.07, 6.45) is 4.53. The summed E-state index contributed by atoms with van der Waals surface area (Å²) in [5.41, 5.74) is 12.0. The summed E-state index contributed by atoms with van der Waals surface area (Å²) in [5, 5.41) is 18.2. The zero-order valence-electron chi connectivity index (χ0n) is 13.5. The molecule has 0 unspecified atom stereocenters. The SMILES string of the molecule is C[C@@H]1C[C@H](c2ccccc2)C[C@H]2[C@H]1[C@@H](/C=N/N=C(N)N)C[C@H]2O. The van der Waals surface area contributed by atoms with Gasteiger partial charge in [-0.1, -0.05) is 37.3 Å². The van der Waals surface area contributed by atoms with E-state index in [0.717, 1.165) is 19.3 Å². The van der Waals surface area contributed by atoms with Crippen LogP contribution in [0.15, 0.2) is 40.5 Å². The minimum Gasteiger partial charge on any atom is -0.393 e. The maximum absolute atomic E-state index is 10.5. The second-order valence-electron chi connectivity index (χ2n) is 7.05. The summed E-state index contributed by atoms with van der Waals surface area (Å²) < 4.78 is 0. The minimum absolute atomic E-state index is 0.0304. The number of aliphatic hydroxyl groups excluding tert-OH is 1. The van der Waals surface area contributed by atoms with Gasteiger partial charge in [-0.25, -0.2) is 0 Å². The van der Waals surface area contributed by atoms with Crippen molar-refractivity contribution < 1.29 is 5.11 Å². The van der Waals surface area contributed by atoms with Gasteiger partial charge in [-0.15, -0.1) is 5.10 Å². The summed E-state index contributed by atoms with van der Waals surface area (Å²) in [4.78, 5) is 0. The van der Waals surface area contributed by atoms with E-state index in [1.807, 2.05) is 6.21 Å². The van der Waals surface area contributed by atoms with Crippen molar-refractivity contribution in [2.75, 3.05) is 0 Å². The van der Waals surface area contributed by atoms with Crippen molar-refractivity contribution in [3.8, 4) is 0 Å². The van der Waals surface area contributed by atoms with Gasteiger partial charge in [0.15, 0.2) is 0 Å². The van der Waals surface area contributed by atoms with E-state index in [-0.39, 0.29) is 18.0 Å². The monoisotopic (exact) mass is 314 g/mol. The van der Waals surface area contributed by atoms with Gasteiger partial charge in [0.1, 0.15) is 0 Å². The molecule has 5 N–H and O–H groups in total. The quantitative estimate of drug-likeness (QED) is 0.452. The number of nitrogens with zero attached hydrogens (tertiary/aromatic N) is 2. The van der Waals surface area contributed by atoms with Crippen LogP contribution < -0.4 is 11.5 Å². The van der Waals surface area contributed by atoms with Crippen LogP contribution in [0.1, 0.15) is 37.7 Å². The molecule has 0 spiro atoms. The van der Waals surface area contributed by atoms with E-state index in [9.17, 15) is 5.11 Å². The fourth-order valence-corrected chi connectivity index (χ4v) is 4.72. The topological polar surface area (TPSA) is 97.0 Å². The van der Waals surface area contributed by atoms with Gasteiger partial charge in [0.05, 0.1) is 6.10 Å². The first-order valence-corrected chi connectivity index (χ1v) is 8.41. The van der Waals surface area contributed by atoms with E-state index in [1.165, 1.54) is 5.56 Å². The third-order valence-electron chi connectivity index (χ3n) is 5.57. The van der Waals surface area contributed by atoms with Crippen LogP contribution in [0.25, 0.3) is 0 Å². The van der Waals surface area contributed by atoms with Gasteiger partial charge in [-0.3, -0.25) is 0 Å². The minimum atomic E-state index is -0.260. The van der Waals surface area contributed by atoms with Crippen LogP contribution in [0.4, 0.5) is 0 Å². The molecule has 2 aliphatic carbocycles. The van der Waals surface area contributed by atoms with Crippen molar-refractivity contribution in [2.45, 2.75) is 38.2 Å². The predicted molar refractivity (Wildman–Crippen MR) is 93.0 cm³/mol. The Kier molecular flexibility index (Phi) is 4.66. The zero-order chi connectivity index (χ0) is 16.4. The average Bonchev–Trinajstić information content (AvgIpc) is 2.85. The molecule has 1 aromatic carbocycles. The summed E-state index contributed by atoms with van der Waals surface area (Å²) in [6.45, 7) is 2.30. The first-order chi connectivity index (χ1) is 11.1. The Morgan fingerprint density at radius 3 is 2.61 bits per heavy atom. The highest BCUT2D eigenvalue weighted by Gasteiger charge is 2.48. The van der Waals surface area contributed by atoms with Crippen LogP contribution in [0.5, 0.6) is 0 Å². The van der Waals surface area contributed by atoms with Gasteiger partial charge in [-0.05, 0) is 48.5 Å². The smallest absolute Gasteiger partial charge is 0.211 e. The lowest BCUT2D eigenvalue weighted by atomic mass is 9.66. The first-order valence-electron chi connectivity index (χ1n) is 8.41. The van der Waals surface area contributed by atoms with Gasteiger partial charge in [-0.2, -0.15) is 5.10 Å². The largest absolute Gasteiger partial charge is 0.393 e. The highest BCUT2D eigenvalue weighted by atomic mass is 16.3. The summed E-state index contributed by atoms with van der Waals surface area (Å²) in [7, 11) is 0. The van der Waals surface area contributed by atoms with Crippen molar-refractivity contribution >= 4 is 12.2 Å². The molecule has 0 bridgehead atoms. The molecule has 2 aliphatic rings. The summed E-state index contributed by atoms with van der Waals surface area (Å²) >= 11 is 0. The lowest BCUT2D eigenvalue weighted by molar-refractivity contribution is 0.0663. The molecule has 0 radical (unpaired) electrons. The van der Waals surface area contributed by atoms with Crippen molar-refractivity contribution in [2.24, 2.45) is 45.3 Å². The summed E-state index contributed by atoms with van der Waals surface area (Å²) in [5.74, 6) is 2.10. The second kappa shape index (κ2) is 6.71. The number of benzene rings is 1. The Morgan fingerprint density at radius 1 is 1.17 bits per heavy atom. The Labute approximate surface area is 137 Å². The third-order valence-corrected chi connectivity index (χ3v) is 5.57. The average molecular weight is 314 g/mol. The van der Waals surface area contributed by atoms with Crippen molar-refractivity contribution in [1.82, 2.24) is 0 Å². The van der Waals surface area contributed by atoms with Crippen LogP contribution in [0.2, 0.25) is 0 Å². The van der Waals surface area contributed by atoms with Gasteiger partial charge >= 0.3 is 0 Å². The number of rotatable bonds is 3. The Hall–Kier alpha value is -1.88. The number of aliphatic hydroxyl groups is 1. The third kappa shape index (κ3) is 3.39. The van der Waals surface area contributed by atoms with E-state index in [0.29, 0.717) is 23.7 Å². The molecule has 2 saturated carbocycles. The van der Waals surface area contributed by atoms with E-state index >= 15 is 0 Å². The molecule has 23 heavy (non-hydrogen) atoms. The number of hydrogen-bond donors (Lipinski definition) is 3. The van der Waals surface area contributed by atoms with Crippen LogP contribution >= 0.6 is 0 Å². The first kappa shape index (κ1) is 16.0. The lowest BCUT2D eigenvalue weighted by Crippen LogP contribution is -2.34. The lowest BCUT2D eigenvalue weighted by Gasteiger charge is -2.39. The molecule has 5 nitrogen and oxygen atoms in total. The molecule has 0 heterocycles. The highest BCUT2D eigenvalue weighted by molar-refractivity contribution is 5.76. The molecule has 0 saturated heterocycles. The molecule has 1 aromatic rings. The van der Waals surface area contributed by atoms with Gasteiger partial charge < -0.3 is 16.6 Å². The number of guanidine groups is 1. The van der Waals surface area contributed by atoms with Crippen molar-refractivity contribution in [1.29, 1.82) is 0 Å². The highest BCUT2D eigenvalue weighted by Crippen LogP contribution is 2.52. The van der Waals surface area contributed by atoms with Crippen molar-refractivity contribution in [3.05, 3.63) is 35.9 Å². The fourth-order valence-electron chi connectivity index (χ4n) is 4.72. The van der Waals surface area contributed by atoms with Crippen LogP contribution in [0, 0.1) is 23.7 Å². The molecule has 5 heteroatoms. The predicted octanol–water partition coefficient (Wildman–Crippen LogP) is 2.07. The van der Waals surface area contributed by atoms with E-state index < -0.39 is 0 Å². The maximum atomic E-state index is 10.5. The molecule has 3 rings (SSSR count). The molecular formula is C18H26N4O. The Balaban J connectivity index is 1.76. The van der Waals surface area contributed by atoms with Gasteiger partial charge in [0, 0.05) is 12.1 Å². The van der Waals surface area contributed by atoms with Crippen LogP contribution in [-0.2, 0) is 0 Å². The van der Waals surface area contributed by atoms with E-state index in [1.54, 1.807) is 0 Å². The maximum Gasteiger partial charge on any atom is 0.211 e. The van der Waals surface area contributed by atoms with Crippen molar-refractivity contribution in [3.63, 3.8) is 0 Å². The molecule has 0 aromatic heterocycles. The van der Waals surface area contributed by atoms with Gasteiger partial charge in [0.25, 0.3) is 0 Å². The number of hydrogen-bond acceptors (Lipinski definition) is 3. The molecule has 6 atom stereocenters. The molecule has 0 amide bonds. The molecule has 0 aliphatic heterocycles. The standard InChI is InChI=1S/C18H26N4O/c1-11-7-13(12-5-3-2-4-6-12)8-15-16(23)9-14(17(11)15)10-21-22-18(19)20/h2-6,10-11,13-17,23H,7-9H2,1H3,(H4,19,20,22)/b21-10+/t11-,13+,14-,15-,16-,17-/m1/s1. The zero-order valence-corrected chi connectivity index (χ0v) is 13.5. The van der Waals surface area contributed by atoms with Crippen LogP contribution in [-0.4, -0.2) is 23.4 Å². The van der Waals surface area contributed by atoms with Gasteiger partial charge in [0.2, 0.25) is 5.96 Å². The van der Waals surface area contributed by atoms with E-state index in [4.69, 9.17) is 11.5 Å². The molecular weight excluding hydrogens is 288 g/mol.